The third-order valence-corrected chi connectivity index (χ3v) is 5.38. The van der Waals surface area contributed by atoms with Crippen LogP contribution in [0.25, 0.3) is 10.9 Å². The number of hydrogen-bond acceptors (Lipinski definition) is 2. The van der Waals surface area contributed by atoms with E-state index in [1.807, 2.05) is 17.0 Å². The Bertz CT molecular complexity index is 942. The van der Waals surface area contributed by atoms with Gasteiger partial charge < -0.3 is 14.8 Å². The summed E-state index contributed by atoms with van der Waals surface area (Å²) in [5.74, 6) is 0. The number of piperazine rings is 1. The van der Waals surface area contributed by atoms with Crippen LogP contribution in [0.2, 0.25) is 5.02 Å². The van der Waals surface area contributed by atoms with Gasteiger partial charge in [-0.3, -0.25) is 4.90 Å². The molecule has 2 aromatic carbocycles. The number of aromatic nitrogens is 1. The number of aryl methyl sites for hydroxylation is 1. The monoisotopic (exact) mass is 382 g/mol. The minimum absolute atomic E-state index is 0.0536. The maximum absolute atomic E-state index is 12.5. The van der Waals surface area contributed by atoms with Crippen molar-refractivity contribution in [2.24, 2.45) is 7.05 Å². The van der Waals surface area contributed by atoms with Gasteiger partial charge in [-0.15, -0.1) is 0 Å². The number of rotatable bonds is 3. The number of nitrogens with one attached hydrogen (secondary N) is 1. The summed E-state index contributed by atoms with van der Waals surface area (Å²) < 4.78 is 2.18. The number of carbonyl (C=O) groups is 1. The summed E-state index contributed by atoms with van der Waals surface area (Å²) in [6.45, 7) is 4.11. The highest BCUT2D eigenvalue weighted by Crippen LogP contribution is 2.22. The summed E-state index contributed by atoms with van der Waals surface area (Å²) in [6.07, 6.45) is 2.21. The van der Waals surface area contributed by atoms with Gasteiger partial charge in [0.05, 0.1) is 0 Å². The molecule has 6 heteroatoms. The Morgan fingerprint density at radius 2 is 1.74 bits per heavy atom. The second-order valence-corrected chi connectivity index (χ2v) is 7.42. The van der Waals surface area contributed by atoms with Gasteiger partial charge in [-0.1, -0.05) is 29.8 Å². The molecular formula is C21H23ClN4O. The number of hydrogen-bond donors (Lipinski definition) is 1. The van der Waals surface area contributed by atoms with Crippen molar-refractivity contribution < 1.29 is 4.79 Å². The minimum atomic E-state index is -0.0536. The molecule has 0 atom stereocenters. The Kier molecular flexibility index (Phi) is 5.05. The first kappa shape index (κ1) is 17.9. The predicted octanol–water partition coefficient (Wildman–Crippen LogP) is 4.18. The van der Waals surface area contributed by atoms with Crippen LogP contribution in [0.5, 0.6) is 0 Å². The number of para-hydroxylation sites is 1. The first-order valence-corrected chi connectivity index (χ1v) is 9.55. The molecular weight excluding hydrogens is 360 g/mol. The zero-order chi connectivity index (χ0) is 18.8. The van der Waals surface area contributed by atoms with E-state index in [-0.39, 0.29) is 6.03 Å². The first-order chi connectivity index (χ1) is 13.1. The number of nitrogens with zero attached hydrogens (tertiary/aromatic N) is 3. The van der Waals surface area contributed by atoms with Crippen LogP contribution in [0, 0.1) is 0 Å². The van der Waals surface area contributed by atoms with E-state index in [2.05, 4.69) is 52.3 Å². The molecule has 0 spiro atoms. The van der Waals surface area contributed by atoms with Gasteiger partial charge >= 0.3 is 6.03 Å². The Morgan fingerprint density at radius 1 is 1.04 bits per heavy atom. The minimum Gasteiger partial charge on any atom is -0.350 e. The molecule has 1 aliphatic heterocycles. The van der Waals surface area contributed by atoms with E-state index in [4.69, 9.17) is 11.6 Å². The molecule has 0 aliphatic carbocycles. The van der Waals surface area contributed by atoms with E-state index in [9.17, 15) is 4.79 Å². The second-order valence-electron chi connectivity index (χ2n) is 6.98. The fourth-order valence-electron chi connectivity index (χ4n) is 3.64. The lowest BCUT2D eigenvalue weighted by atomic mass is 10.1. The molecule has 1 saturated heterocycles. The van der Waals surface area contributed by atoms with E-state index in [1.165, 1.54) is 16.5 Å². The number of carbonyl (C=O) groups excluding carboxylic acids is 1. The summed E-state index contributed by atoms with van der Waals surface area (Å²) in [7, 11) is 2.09. The van der Waals surface area contributed by atoms with Gasteiger partial charge in [0.2, 0.25) is 0 Å². The first-order valence-electron chi connectivity index (χ1n) is 9.17. The molecule has 0 bridgehead atoms. The van der Waals surface area contributed by atoms with Crippen molar-refractivity contribution in [1.82, 2.24) is 14.4 Å². The van der Waals surface area contributed by atoms with Crippen LogP contribution >= 0.6 is 11.6 Å². The third kappa shape index (κ3) is 3.94. The van der Waals surface area contributed by atoms with Crippen LogP contribution in [0.4, 0.5) is 10.5 Å². The van der Waals surface area contributed by atoms with Crippen molar-refractivity contribution in [3.63, 3.8) is 0 Å². The number of benzene rings is 2. The van der Waals surface area contributed by atoms with Gasteiger partial charge in [0.15, 0.2) is 0 Å². The smallest absolute Gasteiger partial charge is 0.321 e. The van der Waals surface area contributed by atoms with E-state index in [0.29, 0.717) is 5.02 Å². The molecule has 0 saturated carbocycles. The van der Waals surface area contributed by atoms with Crippen molar-refractivity contribution >= 4 is 34.2 Å². The van der Waals surface area contributed by atoms with Crippen LogP contribution in [0.3, 0.4) is 0 Å². The molecule has 1 aliphatic rings. The number of fused-ring (bicyclic) bond motifs is 1. The van der Waals surface area contributed by atoms with Crippen LogP contribution in [0.1, 0.15) is 5.56 Å². The molecule has 2 amide bonds. The molecule has 5 nitrogen and oxygen atoms in total. The standard InChI is InChI=1S/C21H23ClN4O/c1-24-14-16(19-4-2-3-5-20(19)24)15-25-10-12-26(13-11-25)21(27)23-18-8-6-17(22)7-9-18/h2-9,14H,10-13,15H2,1H3,(H,23,27). The van der Waals surface area contributed by atoms with Crippen molar-refractivity contribution in [2.45, 2.75) is 6.54 Å². The van der Waals surface area contributed by atoms with E-state index in [0.717, 1.165) is 38.4 Å². The summed E-state index contributed by atoms with van der Waals surface area (Å²) in [4.78, 5) is 16.7. The summed E-state index contributed by atoms with van der Waals surface area (Å²) >= 11 is 5.89. The number of amides is 2. The van der Waals surface area contributed by atoms with Crippen LogP contribution in [-0.4, -0.2) is 46.6 Å². The summed E-state index contributed by atoms with van der Waals surface area (Å²) in [5.41, 5.74) is 3.36. The van der Waals surface area contributed by atoms with Gasteiger partial charge in [-0.2, -0.15) is 0 Å². The lowest BCUT2D eigenvalue weighted by Gasteiger charge is -2.34. The molecule has 1 N–H and O–H groups in total. The normalized spacial score (nSPS) is 15.3. The quantitative estimate of drug-likeness (QED) is 0.738. The van der Waals surface area contributed by atoms with E-state index in [1.54, 1.807) is 12.1 Å². The van der Waals surface area contributed by atoms with Crippen LogP contribution in [0.15, 0.2) is 54.7 Å². The van der Waals surface area contributed by atoms with Crippen molar-refractivity contribution in [3.8, 4) is 0 Å². The van der Waals surface area contributed by atoms with Crippen molar-refractivity contribution in [3.05, 3.63) is 65.3 Å². The molecule has 2 heterocycles. The molecule has 0 unspecified atom stereocenters. The average molecular weight is 383 g/mol. The Morgan fingerprint density at radius 3 is 2.48 bits per heavy atom. The summed E-state index contributed by atoms with van der Waals surface area (Å²) in [6, 6.07) is 15.6. The number of anilines is 1. The van der Waals surface area contributed by atoms with E-state index < -0.39 is 0 Å². The predicted molar refractivity (Wildman–Crippen MR) is 110 cm³/mol. The molecule has 1 fully saturated rings. The van der Waals surface area contributed by atoms with Crippen LogP contribution < -0.4 is 5.32 Å². The number of urea groups is 1. The Balaban J connectivity index is 1.34. The molecule has 4 rings (SSSR count). The highest BCUT2D eigenvalue weighted by Gasteiger charge is 2.22. The lowest BCUT2D eigenvalue weighted by molar-refractivity contribution is 0.143. The highest BCUT2D eigenvalue weighted by atomic mass is 35.5. The Labute approximate surface area is 164 Å². The Hall–Kier alpha value is -2.50. The van der Waals surface area contributed by atoms with Gasteiger partial charge in [0, 0.05) is 67.6 Å². The maximum atomic E-state index is 12.5. The van der Waals surface area contributed by atoms with Gasteiger partial charge in [-0.25, -0.2) is 4.79 Å². The van der Waals surface area contributed by atoms with E-state index >= 15 is 0 Å². The molecule has 0 radical (unpaired) electrons. The van der Waals surface area contributed by atoms with Crippen molar-refractivity contribution in [2.75, 3.05) is 31.5 Å². The number of halogens is 1. The maximum Gasteiger partial charge on any atom is 0.321 e. The van der Waals surface area contributed by atoms with Gasteiger partial charge in [-0.05, 0) is 35.9 Å². The highest BCUT2D eigenvalue weighted by molar-refractivity contribution is 6.30. The largest absolute Gasteiger partial charge is 0.350 e. The summed E-state index contributed by atoms with van der Waals surface area (Å²) in [5, 5.41) is 4.91. The zero-order valence-electron chi connectivity index (χ0n) is 15.4. The average Bonchev–Trinajstić information content (AvgIpc) is 3.00. The van der Waals surface area contributed by atoms with Crippen molar-refractivity contribution in [1.29, 1.82) is 0 Å². The zero-order valence-corrected chi connectivity index (χ0v) is 16.1. The van der Waals surface area contributed by atoms with Gasteiger partial charge in [0.1, 0.15) is 0 Å². The molecule has 140 valence electrons. The SMILES string of the molecule is Cn1cc(CN2CCN(C(=O)Nc3ccc(Cl)cc3)CC2)c2ccccc21. The van der Waals surface area contributed by atoms with Crippen LogP contribution in [-0.2, 0) is 13.6 Å². The molecule has 3 aromatic rings. The lowest BCUT2D eigenvalue weighted by Crippen LogP contribution is -2.49. The topological polar surface area (TPSA) is 40.5 Å². The fraction of sp³-hybridized carbons (Fsp3) is 0.286. The molecule has 1 aromatic heterocycles. The second kappa shape index (κ2) is 7.62. The fourth-order valence-corrected chi connectivity index (χ4v) is 3.76. The molecule has 27 heavy (non-hydrogen) atoms. The third-order valence-electron chi connectivity index (χ3n) is 5.13. The van der Waals surface area contributed by atoms with Gasteiger partial charge in [0.25, 0.3) is 0 Å².